The lowest BCUT2D eigenvalue weighted by Crippen LogP contribution is -2.43. The van der Waals surface area contributed by atoms with Gasteiger partial charge in [0.25, 0.3) is 0 Å². The van der Waals surface area contributed by atoms with E-state index in [0.717, 1.165) is 24.1 Å². The summed E-state index contributed by atoms with van der Waals surface area (Å²) >= 11 is 0. The number of amides is 1. The summed E-state index contributed by atoms with van der Waals surface area (Å²) in [6, 6.07) is 6.54. The van der Waals surface area contributed by atoms with Crippen LogP contribution in [0.3, 0.4) is 0 Å². The lowest BCUT2D eigenvalue weighted by Gasteiger charge is -2.40. The summed E-state index contributed by atoms with van der Waals surface area (Å²) in [6.07, 6.45) is 7.41. The first-order valence-corrected chi connectivity index (χ1v) is 12.0. The molecule has 5 nitrogen and oxygen atoms in total. The number of anilines is 1. The van der Waals surface area contributed by atoms with Crippen molar-refractivity contribution in [2.45, 2.75) is 84.7 Å². The molecule has 3 rings (SSSR count). The van der Waals surface area contributed by atoms with E-state index in [9.17, 15) is 9.59 Å². The summed E-state index contributed by atoms with van der Waals surface area (Å²) < 4.78 is 10.6. The van der Waals surface area contributed by atoms with Crippen LogP contribution < -0.4 is 4.90 Å². The predicted octanol–water partition coefficient (Wildman–Crippen LogP) is 6.45. The zero-order chi connectivity index (χ0) is 24.6. The second-order valence-corrected chi connectivity index (χ2v) is 11.2. The highest BCUT2D eigenvalue weighted by atomic mass is 16.6. The second-order valence-electron chi connectivity index (χ2n) is 11.2. The first-order valence-electron chi connectivity index (χ1n) is 12.0. The van der Waals surface area contributed by atoms with Crippen LogP contribution in [-0.4, -0.2) is 30.8 Å². The summed E-state index contributed by atoms with van der Waals surface area (Å²) in [5, 5.41) is 0. The normalized spacial score (nSPS) is 24.4. The van der Waals surface area contributed by atoms with Crippen LogP contribution in [0.15, 0.2) is 42.0 Å². The minimum absolute atomic E-state index is 0.0145. The number of hydrogen-bond acceptors (Lipinski definition) is 4. The first kappa shape index (κ1) is 25.1. The van der Waals surface area contributed by atoms with E-state index in [1.165, 1.54) is 17.2 Å². The van der Waals surface area contributed by atoms with E-state index in [1.807, 2.05) is 33.8 Å². The van der Waals surface area contributed by atoms with Gasteiger partial charge < -0.3 is 9.47 Å². The van der Waals surface area contributed by atoms with Gasteiger partial charge in [-0.25, -0.2) is 9.59 Å². The highest BCUT2D eigenvalue weighted by Gasteiger charge is 2.50. The Morgan fingerprint density at radius 1 is 1.21 bits per heavy atom. The Morgan fingerprint density at radius 2 is 1.91 bits per heavy atom. The fraction of sp³-hybridized carbons (Fsp3) is 0.571. The number of fused-ring (bicyclic) bond motifs is 1. The average Bonchev–Trinajstić information content (AvgIpc) is 3.36. The lowest BCUT2D eigenvalue weighted by molar-refractivity contribution is -0.137. The van der Waals surface area contributed by atoms with Crippen LogP contribution >= 0.6 is 0 Å². The van der Waals surface area contributed by atoms with Gasteiger partial charge in [0.05, 0.1) is 12.3 Å². The van der Waals surface area contributed by atoms with Crippen molar-refractivity contribution >= 4 is 17.7 Å². The molecule has 33 heavy (non-hydrogen) atoms. The molecule has 2 aliphatic rings. The van der Waals surface area contributed by atoms with Crippen LogP contribution in [0.25, 0.3) is 0 Å². The third-order valence-corrected chi connectivity index (χ3v) is 6.78. The van der Waals surface area contributed by atoms with Crippen molar-refractivity contribution in [3.05, 3.63) is 53.1 Å². The van der Waals surface area contributed by atoms with Crippen LogP contribution in [0.2, 0.25) is 0 Å². The number of allylic oxidation sites excluding steroid dienone is 3. The minimum atomic E-state index is -0.523. The van der Waals surface area contributed by atoms with Crippen LogP contribution in [0.5, 0.6) is 0 Å². The molecular weight excluding hydrogens is 414 g/mol. The van der Waals surface area contributed by atoms with Crippen LogP contribution in [0.1, 0.15) is 79.4 Å². The molecule has 0 spiro atoms. The van der Waals surface area contributed by atoms with Gasteiger partial charge in [-0.3, -0.25) is 4.90 Å². The van der Waals surface area contributed by atoms with Crippen molar-refractivity contribution in [3.63, 3.8) is 0 Å². The van der Waals surface area contributed by atoms with Crippen LogP contribution in [-0.2, 0) is 25.1 Å². The summed E-state index contributed by atoms with van der Waals surface area (Å²) in [7, 11) is 0. The molecule has 2 atom stereocenters. The fourth-order valence-corrected chi connectivity index (χ4v) is 4.52. The smallest absolute Gasteiger partial charge is 0.414 e. The van der Waals surface area contributed by atoms with Crippen LogP contribution in [0, 0.1) is 5.92 Å². The molecule has 0 radical (unpaired) electrons. The lowest BCUT2D eigenvalue weighted by atomic mass is 9.76. The number of benzene rings is 1. The van der Waals surface area contributed by atoms with Gasteiger partial charge in [-0.1, -0.05) is 45.1 Å². The van der Waals surface area contributed by atoms with E-state index in [-0.39, 0.29) is 22.9 Å². The molecule has 0 N–H and O–H groups in total. The van der Waals surface area contributed by atoms with Crippen molar-refractivity contribution in [2.75, 3.05) is 18.1 Å². The van der Waals surface area contributed by atoms with Gasteiger partial charge in [-0.15, -0.1) is 0 Å². The molecule has 180 valence electrons. The fourth-order valence-electron chi connectivity index (χ4n) is 4.52. The van der Waals surface area contributed by atoms with E-state index in [4.69, 9.17) is 9.47 Å². The third-order valence-electron chi connectivity index (χ3n) is 6.78. The zero-order valence-corrected chi connectivity index (χ0v) is 21.5. The molecule has 1 aliphatic carbocycles. The molecule has 1 aliphatic heterocycles. The van der Waals surface area contributed by atoms with Crippen molar-refractivity contribution in [1.82, 2.24) is 0 Å². The SMILES string of the molecule is CCOC(=O)C=C(C)C=C[C@@H]1C[C@]1(C)c1ccc2c(c1)C(C)(C)CCN2C(=O)OC(C)(C)C. The molecule has 1 aromatic rings. The summed E-state index contributed by atoms with van der Waals surface area (Å²) in [4.78, 5) is 26.3. The summed E-state index contributed by atoms with van der Waals surface area (Å²) in [6.45, 7) is 17.2. The molecule has 1 amide bonds. The van der Waals surface area contributed by atoms with Crippen molar-refractivity contribution in [1.29, 1.82) is 0 Å². The Bertz CT molecular complexity index is 982. The molecule has 0 saturated heterocycles. The summed E-state index contributed by atoms with van der Waals surface area (Å²) in [5.74, 6) is 0.111. The molecule has 1 saturated carbocycles. The van der Waals surface area contributed by atoms with Gasteiger partial charge in [0, 0.05) is 12.6 Å². The van der Waals surface area contributed by atoms with E-state index in [0.29, 0.717) is 19.1 Å². The highest BCUT2D eigenvalue weighted by molar-refractivity contribution is 5.90. The highest BCUT2D eigenvalue weighted by Crippen LogP contribution is 2.56. The third kappa shape index (κ3) is 5.69. The van der Waals surface area contributed by atoms with E-state index in [2.05, 4.69) is 45.0 Å². The standard InChI is InChI=1S/C28H39NO4/c1-9-32-24(30)16-19(2)10-11-21-18-28(21,8)20-12-13-23-22(17-20)27(6,7)14-15-29(23)25(31)33-26(3,4)5/h10-13,16-17,21H,9,14-15,18H2,1-8H3/t21-,28-/m1/s1. The minimum Gasteiger partial charge on any atom is -0.463 e. The van der Waals surface area contributed by atoms with Crippen molar-refractivity contribution in [3.8, 4) is 0 Å². The number of ether oxygens (including phenoxy) is 2. The monoisotopic (exact) mass is 453 g/mol. The van der Waals surface area contributed by atoms with E-state index in [1.54, 1.807) is 11.8 Å². The van der Waals surface area contributed by atoms with Gasteiger partial charge in [0.1, 0.15) is 5.60 Å². The molecule has 1 fully saturated rings. The second kappa shape index (κ2) is 9.00. The molecule has 0 aromatic heterocycles. The number of rotatable bonds is 5. The van der Waals surface area contributed by atoms with E-state index >= 15 is 0 Å². The molecule has 1 heterocycles. The number of hydrogen-bond donors (Lipinski definition) is 0. The van der Waals surface area contributed by atoms with Crippen molar-refractivity contribution < 1.29 is 19.1 Å². The van der Waals surface area contributed by atoms with Crippen LogP contribution in [0.4, 0.5) is 10.5 Å². The molecule has 0 bridgehead atoms. The molecule has 0 unspecified atom stereocenters. The maximum absolute atomic E-state index is 12.9. The topological polar surface area (TPSA) is 55.8 Å². The molecular formula is C28H39NO4. The zero-order valence-electron chi connectivity index (χ0n) is 21.5. The Hall–Kier alpha value is -2.56. The van der Waals surface area contributed by atoms with Gasteiger partial charge in [0.15, 0.2) is 0 Å². The maximum atomic E-state index is 12.9. The molecule has 1 aromatic carbocycles. The largest absolute Gasteiger partial charge is 0.463 e. The number of carbonyl (C=O) groups is 2. The van der Waals surface area contributed by atoms with E-state index < -0.39 is 5.60 Å². The number of nitrogens with zero attached hydrogens (tertiary/aromatic N) is 1. The number of esters is 1. The maximum Gasteiger partial charge on any atom is 0.414 e. The Balaban J connectivity index is 1.82. The van der Waals surface area contributed by atoms with Gasteiger partial charge in [0.2, 0.25) is 0 Å². The Morgan fingerprint density at radius 3 is 2.55 bits per heavy atom. The molecule has 5 heteroatoms. The quantitative estimate of drug-likeness (QED) is 0.292. The van der Waals surface area contributed by atoms with Crippen molar-refractivity contribution in [2.24, 2.45) is 5.92 Å². The first-order chi connectivity index (χ1) is 15.3. The predicted molar refractivity (Wildman–Crippen MR) is 133 cm³/mol. The number of carbonyl (C=O) groups excluding carboxylic acids is 2. The van der Waals surface area contributed by atoms with Gasteiger partial charge >= 0.3 is 12.1 Å². The Kier molecular flexibility index (Phi) is 6.84. The summed E-state index contributed by atoms with van der Waals surface area (Å²) in [5.41, 5.74) is 3.86. The van der Waals surface area contributed by atoms with Gasteiger partial charge in [-0.05, 0) is 87.0 Å². The Labute approximate surface area is 198 Å². The van der Waals surface area contributed by atoms with Gasteiger partial charge in [-0.2, -0.15) is 0 Å². The average molecular weight is 454 g/mol.